The van der Waals surface area contributed by atoms with Crippen LogP contribution in [-0.4, -0.2) is 41.3 Å². The van der Waals surface area contributed by atoms with E-state index in [1.54, 1.807) is 4.90 Å². The topological polar surface area (TPSA) is 66.8 Å². The van der Waals surface area contributed by atoms with Crippen LogP contribution in [0.25, 0.3) is 11.1 Å². The third-order valence-electron chi connectivity index (χ3n) is 6.21. The minimum Gasteiger partial charge on any atom is -0.481 e. The van der Waals surface area contributed by atoms with Gasteiger partial charge in [0.15, 0.2) is 0 Å². The SMILES string of the molecule is O=C(OCC1c2ccccc2-c2ccccc21)N1CC[C@@]2(C(=O)O)C[C@@H]12. The van der Waals surface area contributed by atoms with Crippen LogP contribution in [0.5, 0.6) is 0 Å². The van der Waals surface area contributed by atoms with Crippen LogP contribution >= 0.6 is 0 Å². The fourth-order valence-electron chi connectivity index (χ4n) is 4.67. The second-order valence-electron chi connectivity index (χ2n) is 7.43. The van der Waals surface area contributed by atoms with Gasteiger partial charge in [0.1, 0.15) is 6.61 Å². The van der Waals surface area contributed by atoms with Gasteiger partial charge in [-0.05, 0) is 35.1 Å². The van der Waals surface area contributed by atoms with Crippen LogP contribution in [0.15, 0.2) is 48.5 Å². The van der Waals surface area contributed by atoms with E-state index in [9.17, 15) is 14.7 Å². The van der Waals surface area contributed by atoms with E-state index in [-0.39, 0.29) is 18.6 Å². The highest BCUT2D eigenvalue weighted by molar-refractivity contribution is 5.83. The van der Waals surface area contributed by atoms with Crippen LogP contribution < -0.4 is 0 Å². The molecule has 3 aliphatic rings. The molecule has 2 aromatic carbocycles. The molecule has 132 valence electrons. The van der Waals surface area contributed by atoms with E-state index < -0.39 is 17.5 Å². The van der Waals surface area contributed by atoms with Crippen molar-refractivity contribution in [1.29, 1.82) is 0 Å². The summed E-state index contributed by atoms with van der Waals surface area (Å²) in [7, 11) is 0. The van der Waals surface area contributed by atoms with Gasteiger partial charge in [-0.1, -0.05) is 48.5 Å². The number of likely N-dealkylation sites (tertiary alicyclic amines) is 1. The van der Waals surface area contributed by atoms with Gasteiger partial charge in [-0.3, -0.25) is 4.79 Å². The Hall–Kier alpha value is -2.82. The van der Waals surface area contributed by atoms with Gasteiger partial charge in [-0.15, -0.1) is 0 Å². The maximum Gasteiger partial charge on any atom is 0.410 e. The lowest BCUT2D eigenvalue weighted by atomic mass is 9.98. The van der Waals surface area contributed by atoms with Crippen LogP contribution in [0.4, 0.5) is 4.79 Å². The molecule has 0 bridgehead atoms. The molecule has 1 saturated carbocycles. The number of nitrogens with zero attached hydrogens (tertiary/aromatic N) is 1. The number of hydrogen-bond donors (Lipinski definition) is 1. The average Bonchev–Trinajstić information content (AvgIpc) is 3.15. The predicted molar refractivity (Wildman–Crippen MR) is 94.9 cm³/mol. The molecule has 2 aromatic rings. The van der Waals surface area contributed by atoms with Crippen LogP contribution in [0, 0.1) is 5.41 Å². The summed E-state index contributed by atoms with van der Waals surface area (Å²) in [5.74, 6) is -0.770. The molecule has 2 fully saturated rings. The van der Waals surface area contributed by atoms with Crippen molar-refractivity contribution in [3.05, 3.63) is 59.7 Å². The number of carbonyl (C=O) groups is 2. The molecular weight excluding hydrogens is 330 g/mol. The molecular formula is C21H19NO4. The standard InChI is InChI=1S/C21H19NO4/c23-19(24)21-9-10-22(18(21)11-21)20(25)26-12-17-15-7-3-1-5-13(15)14-6-2-4-8-16(14)17/h1-8,17-18H,9-12H2,(H,23,24)/t18-,21-/m1/s1. The van der Waals surface area contributed by atoms with Crippen LogP contribution in [0.3, 0.4) is 0 Å². The number of carboxylic acids is 1. The first-order valence-corrected chi connectivity index (χ1v) is 8.97. The van der Waals surface area contributed by atoms with Crippen molar-refractivity contribution in [2.24, 2.45) is 5.41 Å². The van der Waals surface area contributed by atoms with E-state index in [1.165, 1.54) is 22.3 Å². The fourth-order valence-corrected chi connectivity index (χ4v) is 4.67. The lowest BCUT2D eigenvalue weighted by molar-refractivity contribution is -0.143. The van der Waals surface area contributed by atoms with Crippen LogP contribution in [0.2, 0.25) is 0 Å². The Bertz CT molecular complexity index is 878. The highest BCUT2D eigenvalue weighted by Crippen LogP contribution is 2.57. The summed E-state index contributed by atoms with van der Waals surface area (Å²) in [5, 5.41) is 9.36. The zero-order chi connectivity index (χ0) is 17.9. The van der Waals surface area contributed by atoms with Crippen LogP contribution in [0.1, 0.15) is 29.9 Å². The first kappa shape index (κ1) is 15.4. The van der Waals surface area contributed by atoms with E-state index in [2.05, 4.69) is 24.3 Å². The number of aliphatic carboxylic acids is 1. The van der Waals surface area contributed by atoms with Crippen molar-refractivity contribution in [2.75, 3.05) is 13.2 Å². The van der Waals surface area contributed by atoms with Crippen molar-refractivity contribution >= 4 is 12.1 Å². The normalized spacial score (nSPS) is 25.4. The number of fused-ring (bicyclic) bond motifs is 4. The molecule has 0 unspecified atom stereocenters. The fraction of sp³-hybridized carbons (Fsp3) is 0.333. The van der Waals surface area contributed by atoms with E-state index >= 15 is 0 Å². The molecule has 1 aliphatic heterocycles. The Morgan fingerprint density at radius 3 is 2.23 bits per heavy atom. The highest BCUT2D eigenvalue weighted by atomic mass is 16.6. The summed E-state index contributed by atoms with van der Waals surface area (Å²) in [6, 6.07) is 16.2. The average molecular weight is 349 g/mol. The number of rotatable bonds is 3. The van der Waals surface area contributed by atoms with Gasteiger partial charge in [0.2, 0.25) is 0 Å². The first-order chi connectivity index (χ1) is 12.6. The number of benzene rings is 2. The van der Waals surface area contributed by atoms with E-state index in [0.717, 1.165) is 0 Å². The molecule has 1 amide bonds. The van der Waals surface area contributed by atoms with Gasteiger partial charge in [0.25, 0.3) is 0 Å². The van der Waals surface area contributed by atoms with E-state index in [4.69, 9.17) is 4.74 Å². The molecule has 5 heteroatoms. The summed E-state index contributed by atoms with van der Waals surface area (Å²) in [6.45, 7) is 0.740. The van der Waals surface area contributed by atoms with Crippen molar-refractivity contribution in [3.8, 4) is 11.1 Å². The number of carboxylic acid groups (broad SMARTS) is 1. The zero-order valence-electron chi connectivity index (χ0n) is 14.2. The third kappa shape index (κ3) is 2.03. The highest BCUT2D eigenvalue weighted by Gasteiger charge is 2.68. The van der Waals surface area contributed by atoms with E-state index in [0.29, 0.717) is 19.4 Å². The molecule has 1 N–H and O–H groups in total. The molecule has 26 heavy (non-hydrogen) atoms. The number of ether oxygens (including phenoxy) is 1. The summed E-state index contributed by atoms with van der Waals surface area (Å²) < 4.78 is 5.64. The Morgan fingerprint density at radius 2 is 1.69 bits per heavy atom. The zero-order valence-corrected chi connectivity index (χ0v) is 14.2. The number of carbonyl (C=O) groups excluding carboxylic acids is 1. The molecule has 1 heterocycles. The van der Waals surface area contributed by atoms with Crippen LogP contribution in [-0.2, 0) is 9.53 Å². The minimum absolute atomic E-state index is 0.0254. The molecule has 5 nitrogen and oxygen atoms in total. The summed E-state index contributed by atoms with van der Waals surface area (Å²) in [4.78, 5) is 25.5. The number of piperidine rings is 1. The van der Waals surface area contributed by atoms with Gasteiger partial charge in [0.05, 0.1) is 11.5 Å². The Balaban J connectivity index is 1.33. The van der Waals surface area contributed by atoms with Gasteiger partial charge < -0.3 is 14.7 Å². The van der Waals surface area contributed by atoms with E-state index in [1.807, 2.05) is 24.3 Å². The number of amides is 1. The summed E-state index contributed by atoms with van der Waals surface area (Å²) in [5.41, 5.74) is 4.02. The molecule has 0 spiro atoms. The van der Waals surface area contributed by atoms with Gasteiger partial charge in [-0.25, -0.2) is 4.79 Å². The molecule has 1 saturated heterocycles. The molecule has 0 aromatic heterocycles. The number of hydrogen-bond acceptors (Lipinski definition) is 3. The first-order valence-electron chi connectivity index (χ1n) is 8.97. The monoisotopic (exact) mass is 349 g/mol. The second kappa shape index (κ2) is 5.34. The lowest BCUT2D eigenvalue weighted by Crippen LogP contribution is -2.33. The minimum atomic E-state index is -0.795. The second-order valence-corrected chi connectivity index (χ2v) is 7.43. The van der Waals surface area contributed by atoms with Crippen molar-refractivity contribution < 1.29 is 19.4 Å². The Morgan fingerprint density at radius 1 is 1.08 bits per heavy atom. The summed E-state index contributed by atoms with van der Waals surface area (Å²) in [6.07, 6.45) is 0.682. The molecule has 0 radical (unpaired) electrons. The lowest BCUT2D eigenvalue weighted by Gasteiger charge is -2.20. The molecule has 2 atom stereocenters. The third-order valence-corrected chi connectivity index (χ3v) is 6.21. The van der Waals surface area contributed by atoms with Crippen molar-refractivity contribution in [2.45, 2.75) is 24.8 Å². The summed E-state index contributed by atoms with van der Waals surface area (Å²) >= 11 is 0. The maximum atomic E-state index is 12.5. The van der Waals surface area contributed by atoms with Crippen molar-refractivity contribution in [1.82, 2.24) is 4.90 Å². The van der Waals surface area contributed by atoms with Gasteiger partial charge in [-0.2, -0.15) is 0 Å². The van der Waals surface area contributed by atoms with Gasteiger partial charge in [0, 0.05) is 12.5 Å². The maximum absolute atomic E-state index is 12.5. The molecule has 5 rings (SSSR count). The quantitative estimate of drug-likeness (QED) is 0.921. The predicted octanol–water partition coefficient (Wildman–Crippen LogP) is 3.48. The van der Waals surface area contributed by atoms with Gasteiger partial charge >= 0.3 is 12.1 Å². The molecule has 2 aliphatic carbocycles. The Labute approximate surface area is 151 Å². The smallest absolute Gasteiger partial charge is 0.410 e. The Kier molecular flexibility index (Phi) is 3.17. The largest absolute Gasteiger partial charge is 0.481 e. The van der Waals surface area contributed by atoms with Crippen molar-refractivity contribution in [3.63, 3.8) is 0 Å².